The zero-order valence-electron chi connectivity index (χ0n) is 18.9. The molecule has 0 radical (unpaired) electrons. The summed E-state index contributed by atoms with van der Waals surface area (Å²) in [7, 11) is 3.06. The molecule has 2 aromatic heterocycles. The predicted octanol–water partition coefficient (Wildman–Crippen LogP) is 5.16. The van der Waals surface area contributed by atoms with Gasteiger partial charge in [0.2, 0.25) is 0 Å². The van der Waals surface area contributed by atoms with E-state index in [9.17, 15) is 14.0 Å². The van der Waals surface area contributed by atoms with E-state index in [1.54, 1.807) is 19.2 Å². The molecule has 0 bridgehead atoms. The highest BCUT2D eigenvalue weighted by molar-refractivity contribution is 6.12. The normalized spacial score (nSPS) is 13.2. The molecule has 1 fully saturated rings. The smallest absolute Gasteiger partial charge is 0.412 e. The van der Waals surface area contributed by atoms with Gasteiger partial charge in [-0.2, -0.15) is 0 Å². The van der Waals surface area contributed by atoms with Crippen LogP contribution in [0.1, 0.15) is 40.6 Å². The highest BCUT2D eigenvalue weighted by Crippen LogP contribution is 2.49. The van der Waals surface area contributed by atoms with Gasteiger partial charge in [0.1, 0.15) is 39.9 Å². The van der Waals surface area contributed by atoms with Crippen LogP contribution in [0.2, 0.25) is 0 Å². The summed E-state index contributed by atoms with van der Waals surface area (Å²) in [4.78, 5) is 24.2. The van der Waals surface area contributed by atoms with Crippen LogP contribution >= 0.6 is 0 Å². The quantitative estimate of drug-likeness (QED) is 0.284. The minimum absolute atomic E-state index is 0.0416. The van der Waals surface area contributed by atoms with Gasteiger partial charge < -0.3 is 28.9 Å². The molecule has 35 heavy (non-hydrogen) atoms. The van der Waals surface area contributed by atoms with Crippen LogP contribution < -0.4 is 10.5 Å². The van der Waals surface area contributed by atoms with Gasteiger partial charge in [-0.3, -0.25) is 0 Å². The third-order valence-corrected chi connectivity index (χ3v) is 5.80. The molecular weight excluding hydrogens is 459 g/mol. The maximum atomic E-state index is 13.5. The van der Waals surface area contributed by atoms with E-state index >= 15 is 0 Å². The number of benzene rings is 2. The van der Waals surface area contributed by atoms with Crippen LogP contribution in [0, 0.1) is 5.82 Å². The van der Waals surface area contributed by atoms with Gasteiger partial charge in [0, 0.05) is 29.5 Å². The van der Waals surface area contributed by atoms with Crippen LogP contribution in [-0.4, -0.2) is 31.4 Å². The van der Waals surface area contributed by atoms with E-state index in [0.717, 1.165) is 24.2 Å². The Labute approximate surface area is 198 Å². The number of esters is 1. The number of nitrogens with two attached hydrogens (primary N) is 1. The molecule has 10 heteroatoms. The van der Waals surface area contributed by atoms with E-state index in [4.69, 9.17) is 24.1 Å². The minimum Gasteiger partial charge on any atom is -0.496 e. The summed E-state index contributed by atoms with van der Waals surface area (Å²) in [5.41, 5.74) is 7.74. The summed E-state index contributed by atoms with van der Waals surface area (Å²) in [5, 5.41) is 4.52. The average molecular weight is 480 g/mol. The Morgan fingerprint density at radius 3 is 2.54 bits per heavy atom. The number of fused-ring (bicyclic) bond motifs is 1. The number of aromatic nitrogens is 1. The third-order valence-electron chi connectivity index (χ3n) is 5.80. The Kier molecular flexibility index (Phi) is 5.73. The fraction of sp³-hybridized carbons (Fsp3) is 0.240. The van der Waals surface area contributed by atoms with E-state index in [2.05, 4.69) is 9.89 Å². The van der Waals surface area contributed by atoms with Crippen LogP contribution in [0.4, 0.5) is 9.18 Å². The van der Waals surface area contributed by atoms with Crippen molar-refractivity contribution in [1.29, 1.82) is 0 Å². The lowest BCUT2D eigenvalue weighted by molar-refractivity contribution is 0.0640. The van der Waals surface area contributed by atoms with Crippen molar-refractivity contribution in [1.82, 2.24) is 5.16 Å². The number of halogens is 1. The predicted molar refractivity (Wildman–Crippen MR) is 121 cm³/mol. The van der Waals surface area contributed by atoms with Gasteiger partial charge in [-0.1, -0.05) is 5.16 Å². The van der Waals surface area contributed by atoms with Gasteiger partial charge in [0.05, 0.1) is 19.3 Å². The number of carbonyl (C=O) groups excluding carboxylic acids is 2. The maximum Gasteiger partial charge on any atom is 0.412 e. The highest BCUT2D eigenvalue weighted by atomic mass is 19.1. The number of methoxy groups -OCH3 is 2. The number of furan rings is 1. The summed E-state index contributed by atoms with van der Waals surface area (Å²) in [5.74, 6) is 0.0223. The number of hydrogen-bond acceptors (Lipinski definition) is 8. The summed E-state index contributed by atoms with van der Waals surface area (Å²) in [6, 6.07) is 8.68. The zero-order valence-corrected chi connectivity index (χ0v) is 18.9. The zero-order chi connectivity index (χ0) is 24.7. The topological polar surface area (TPSA) is 127 Å². The standard InChI is InChI=1S/C25H21FN2O7/c1-31-11-17-20(23(35-28-17)13-3-4-13)15-10-19-16(9-18(15)32-2)21(24(29)34-25(27)30)22(33-19)12-5-7-14(26)8-6-12/h5-10,13H,3-4,11H2,1-2H3,(H2,27,30). The van der Waals surface area contributed by atoms with Crippen LogP contribution in [-0.2, 0) is 16.1 Å². The first-order valence-corrected chi connectivity index (χ1v) is 10.8. The van der Waals surface area contributed by atoms with E-state index in [0.29, 0.717) is 33.5 Å². The molecule has 2 heterocycles. The summed E-state index contributed by atoms with van der Waals surface area (Å²) in [6.07, 6.45) is 0.705. The second-order valence-corrected chi connectivity index (χ2v) is 8.15. The van der Waals surface area contributed by atoms with Crippen molar-refractivity contribution < 1.29 is 37.1 Å². The molecule has 0 unspecified atom stereocenters. The summed E-state index contributed by atoms with van der Waals surface area (Å²) >= 11 is 0. The molecular formula is C25H21FN2O7. The summed E-state index contributed by atoms with van der Waals surface area (Å²) < 4.78 is 40.9. The number of rotatable bonds is 7. The van der Waals surface area contributed by atoms with E-state index in [1.165, 1.54) is 31.4 Å². The lowest BCUT2D eigenvalue weighted by Gasteiger charge is -2.10. The first kappa shape index (κ1) is 22.6. The number of nitrogens with zero attached hydrogens (tertiary/aromatic N) is 1. The molecule has 0 saturated heterocycles. The molecule has 4 aromatic rings. The van der Waals surface area contributed by atoms with Crippen molar-refractivity contribution >= 4 is 23.0 Å². The fourth-order valence-electron chi connectivity index (χ4n) is 4.12. The number of carbonyl (C=O) groups is 2. The van der Waals surface area contributed by atoms with Crippen LogP contribution in [0.3, 0.4) is 0 Å². The Balaban J connectivity index is 1.76. The lowest BCUT2D eigenvalue weighted by Crippen LogP contribution is -2.18. The van der Waals surface area contributed by atoms with Gasteiger partial charge in [-0.15, -0.1) is 0 Å². The van der Waals surface area contributed by atoms with Gasteiger partial charge in [-0.25, -0.2) is 14.0 Å². The van der Waals surface area contributed by atoms with Crippen LogP contribution in [0.5, 0.6) is 5.75 Å². The molecule has 2 aromatic carbocycles. The van der Waals surface area contributed by atoms with Crippen molar-refractivity contribution in [2.75, 3.05) is 14.2 Å². The SMILES string of the molecule is COCc1noc(C2CC2)c1-c1cc2oc(-c3ccc(F)cc3)c(C(=O)OC(N)=O)c2cc1OC. The molecule has 0 atom stereocenters. The van der Waals surface area contributed by atoms with Crippen molar-refractivity contribution in [2.45, 2.75) is 25.4 Å². The van der Waals surface area contributed by atoms with Crippen molar-refractivity contribution in [3.8, 4) is 28.2 Å². The van der Waals surface area contributed by atoms with E-state index in [-0.39, 0.29) is 23.8 Å². The van der Waals surface area contributed by atoms with Crippen molar-refractivity contribution in [2.24, 2.45) is 5.73 Å². The Bertz CT molecular complexity index is 1430. The molecule has 1 saturated carbocycles. The molecule has 9 nitrogen and oxygen atoms in total. The lowest BCUT2D eigenvalue weighted by atomic mass is 9.97. The van der Waals surface area contributed by atoms with Crippen LogP contribution in [0.15, 0.2) is 45.3 Å². The first-order chi connectivity index (χ1) is 16.9. The van der Waals surface area contributed by atoms with Gasteiger partial charge in [0.25, 0.3) is 0 Å². The number of hydrogen-bond donors (Lipinski definition) is 1. The fourth-order valence-corrected chi connectivity index (χ4v) is 4.12. The van der Waals surface area contributed by atoms with Crippen LogP contribution in [0.25, 0.3) is 33.4 Å². The molecule has 0 spiro atoms. The molecule has 1 amide bonds. The van der Waals surface area contributed by atoms with Gasteiger partial charge in [-0.05, 0) is 49.2 Å². The Morgan fingerprint density at radius 1 is 1.17 bits per heavy atom. The molecule has 1 aliphatic rings. The largest absolute Gasteiger partial charge is 0.496 e. The minimum atomic E-state index is -1.26. The number of ether oxygens (including phenoxy) is 3. The monoisotopic (exact) mass is 480 g/mol. The molecule has 1 aliphatic carbocycles. The maximum absolute atomic E-state index is 13.5. The second-order valence-electron chi connectivity index (χ2n) is 8.15. The number of amides is 1. The highest BCUT2D eigenvalue weighted by Gasteiger charge is 2.35. The van der Waals surface area contributed by atoms with Crippen molar-refractivity contribution in [3.63, 3.8) is 0 Å². The second kappa shape index (κ2) is 8.88. The molecule has 5 rings (SSSR count). The first-order valence-electron chi connectivity index (χ1n) is 10.8. The van der Waals surface area contributed by atoms with Gasteiger partial charge in [0.15, 0.2) is 0 Å². The Morgan fingerprint density at radius 2 is 1.91 bits per heavy atom. The van der Waals surface area contributed by atoms with Gasteiger partial charge >= 0.3 is 12.1 Å². The molecule has 0 aliphatic heterocycles. The van der Waals surface area contributed by atoms with E-state index < -0.39 is 17.9 Å². The Hall–Kier alpha value is -4.18. The summed E-state index contributed by atoms with van der Waals surface area (Å²) in [6.45, 7) is 0.224. The molecule has 2 N–H and O–H groups in total. The number of primary amides is 1. The molecule has 180 valence electrons. The van der Waals surface area contributed by atoms with Crippen molar-refractivity contribution in [3.05, 3.63) is 59.2 Å². The average Bonchev–Trinajstić information content (AvgIpc) is 3.48. The third kappa shape index (κ3) is 4.12. The van der Waals surface area contributed by atoms with E-state index in [1.807, 2.05) is 0 Å².